The number of rotatable bonds is 6. The third-order valence-corrected chi connectivity index (χ3v) is 4.40. The van der Waals surface area contributed by atoms with E-state index in [0.717, 1.165) is 41.4 Å². The van der Waals surface area contributed by atoms with Gasteiger partial charge in [-0.3, -0.25) is 0 Å². The van der Waals surface area contributed by atoms with E-state index in [1.165, 1.54) is 5.56 Å². The second-order valence-corrected chi connectivity index (χ2v) is 6.54. The molecule has 1 aromatic heterocycles. The molecule has 0 amide bonds. The highest BCUT2D eigenvalue weighted by Crippen LogP contribution is 2.13. The summed E-state index contributed by atoms with van der Waals surface area (Å²) in [5, 5.41) is 0.762. The van der Waals surface area contributed by atoms with Crippen molar-refractivity contribution in [2.24, 2.45) is 5.73 Å². The summed E-state index contributed by atoms with van der Waals surface area (Å²) in [6.45, 7) is 0.756. The average molecular weight is 356 g/mol. The molecule has 0 fully saturated rings. The predicted molar refractivity (Wildman–Crippen MR) is 103 cm³/mol. The van der Waals surface area contributed by atoms with Crippen molar-refractivity contribution in [2.75, 3.05) is 0 Å². The number of nitrogens with two attached hydrogens (primary N) is 1. The molecule has 5 heteroatoms. The number of aryl methyl sites for hydroxylation is 2. The Morgan fingerprint density at radius 1 is 1.08 bits per heavy atom. The highest BCUT2D eigenvalue weighted by molar-refractivity contribution is 7.80. The number of hydrogen-bond acceptors (Lipinski definition) is 2. The molecule has 3 rings (SSSR count). The third-order valence-electron chi connectivity index (χ3n) is 3.92. The maximum atomic E-state index is 5.93. The molecule has 0 saturated heterocycles. The van der Waals surface area contributed by atoms with Crippen molar-refractivity contribution < 1.29 is 0 Å². The fourth-order valence-corrected chi connectivity index (χ4v) is 2.89. The van der Waals surface area contributed by atoms with E-state index in [1.54, 1.807) is 0 Å². The van der Waals surface area contributed by atoms with Crippen LogP contribution in [0, 0.1) is 0 Å². The summed E-state index contributed by atoms with van der Waals surface area (Å²) in [4.78, 5) is 4.91. The molecule has 24 heavy (non-hydrogen) atoms. The minimum Gasteiger partial charge on any atom is -0.389 e. The van der Waals surface area contributed by atoms with Crippen molar-refractivity contribution in [2.45, 2.75) is 19.4 Å². The number of thiocarbonyl (C=S) groups is 1. The van der Waals surface area contributed by atoms with Gasteiger partial charge in [0.15, 0.2) is 0 Å². The zero-order valence-electron chi connectivity index (χ0n) is 13.2. The van der Waals surface area contributed by atoms with Gasteiger partial charge in [-0.15, -0.1) is 0 Å². The van der Waals surface area contributed by atoms with Crippen molar-refractivity contribution in [3.63, 3.8) is 0 Å². The Kier molecular flexibility index (Phi) is 5.28. The number of imidazole rings is 1. The van der Waals surface area contributed by atoms with Crippen LogP contribution < -0.4 is 5.73 Å². The fourth-order valence-electron chi connectivity index (χ4n) is 2.64. The van der Waals surface area contributed by atoms with Gasteiger partial charge in [0.05, 0.1) is 0 Å². The minimum atomic E-state index is 0.422. The van der Waals surface area contributed by atoms with E-state index >= 15 is 0 Å². The molecule has 2 N–H and O–H groups in total. The molecule has 0 aliphatic heterocycles. The lowest BCUT2D eigenvalue weighted by Crippen LogP contribution is -2.11. The second kappa shape index (κ2) is 7.60. The Bertz CT molecular complexity index is 840. The first-order chi connectivity index (χ1) is 11.6. The van der Waals surface area contributed by atoms with Gasteiger partial charge in [0, 0.05) is 35.9 Å². The average Bonchev–Trinajstić information content (AvgIpc) is 3.02. The molecule has 0 unspecified atom stereocenters. The number of hydrogen-bond donors (Lipinski definition) is 1. The first-order valence-electron chi connectivity index (χ1n) is 7.75. The predicted octanol–water partition coefficient (Wildman–Crippen LogP) is 4.00. The Morgan fingerprint density at radius 2 is 1.88 bits per heavy atom. The molecule has 0 radical (unpaired) electrons. The van der Waals surface area contributed by atoms with Crippen molar-refractivity contribution >= 4 is 28.8 Å². The maximum Gasteiger partial charge on any atom is 0.109 e. The standard InChI is InChI=1S/C19H18ClN3S/c20-17-7-4-14(5-8-17)6-9-18-22-10-11-23(18)13-15-2-1-3-16(12-15)19(21)24/h1-5,7-8,10-12H,6,9,13H2,(H2,21,24). The molecule has 0 saturated carbocycles. The normalized spacial score (nSPS) is 10.7. The van der Waals surface area contributed by atoms with Crippen LogP contribution >= 0.6 is 23.8 Å². The summed E-state index contributed by atoms with van der Waals surface area (Å²) in [7, 11) is 0. The van der Waals surface area contributed by atoms with Crippen LogP contribution in [-0.4, -0.2) is 14.5 Å². The summed E-state index contributed by atoms with van der Waals surface area (Å²) in [5.41, 5.74) is 9.02. The van der Waals surface area contributed by atoms with Gasteiger partial charge in [-0.05, 0) is 35.7 Å². The van der Waals surface area contributed by atoms with Crippen LogP contribution in [0.3, 0.4) is 0 Å². The van der Waals surface area contributed by atoms with Gasteiger partial charge in [0.1, 0.15) is 10.8 Å². The van der Waals surface area contributed by atoms with Gasteiger partial charge in [-0.1, -0.05) is 54.2 Å². The van der Waals surface area contributed by atoms with E-state index in [0.29, 0.717) is 4.99 Å². The smallest absolute Gasteiger partial charge is 0.109 e. The molecular formula is C19H18ClN3S. The zero-order valence-corrected chi connectivity index (χ0v) is 14.7. The van der Waals surface area contributed by atoms with Crippen LogP contribution in [0.5, 0.6) is 0 Å². The highest BCUT2D eigenvalue weighted by Gasteiger charge is 2.06. The van der Waals surface area contributed by atoms with Gasteiger partial charge in [0.2, 0.25) is 0 Å². The van der Waals surface area contributed by atoms with Crippen LogP contribution in [0.25, 0.3) is 0 Å². The summed E-state index contributed by atoms with van der Waals surface area (Å²) in [6, 6.07) is 16.0. The molecule has 3 aromatic rings. The lowest BCUT2D eigenvalue weighted by molar-refractivity contribution is 0.712. The largest absolute Gasteiger partial charge is 0.389 e. The van der Waals surface area contributed by atoms with Crippen LogP contribution in [0.15, 0.2) is 60.9 Å². The lowest BCUT2D eigenvalue weighted by atomic mass is 10.1. The van der Waals surface area contributed by atoms with Crippen LogP contribution in [0.1, 0.15) is 22.5 Å². The summed E-state index contributed by atoms with van der Waals surface area (Å²) in [6.07, 6.45) is 5.66. The molecule has 0 bridgehead atoms. The van der Waals surface area contributed by atoms with Crippen LogP contribution in [0.4, 0.5) is 0 Å². The van der Waals surface area contributed by atoms with Gasteiger partial charge < -0.3 is 10.3 Å². The highest BCUT2D eigenvalue weighted by atomic mass is 35.5. The van der Waals surface area contributed by atoms with Crippen molar-refractivity contribution in [1.82, 2.24) is 9.55 Å². The topological polar surface area (TPSA) is 43.8 Å². The Hall–Kier alpha value is -2.17. The maximum absolute atomic E-state index is 5.93. The third kappa shape index (κ3) is 4.22. The van der Waals surface area contributed by atoms with Crippen LogP contribution in [0.2, 0.25) is 5.02 Å². The molecule has 0 spiro atoms. The number of halogens is 1. The van der Waals surface area contributed by atoms with E-state index in [1.807, 2.05) is 42.7 Å². The Labute approximate surface area is 152 Å². The van der Waals surface area contributed by atoms with E-state index in [-0.39, 0.29) is 0 Å². The summed E-state index contributed by atoms with van der Waals surface area (Å²) < 4.78 is 2.16. The van der Waals surface area contributed by atoms with E-state index in [4.69, 9.17) is 29.6 Å². The van der Waals surface area contributed by atoms with Gasteiger partial charge in [-0.25, -0.2) is 4.98 Å². The SMILES string of the molecule is NC(=S)c1cccc(Cn2ccnc2CCc2ccc(Cl)cc2)c1. The molecular weight excluding hydrogens is 338 g/mol. The van der Waals surface area contributed by atoms with Gasteiger partial charge in [-0.2, -0.15) is 0 Å². The summed E-state index contributed by atoms with van der Waals surface area (Å²) >= 11 is 11.0. The zero-order chi connectivity index (χ0) is 16.9. The van der Waals surface area contributed by atoms with Crippen LogP contribution in [-0.2, 0) is 19.4 Å². The number of nitrogens with zero attached hydrogens (tertiary/aromatic N) is 2. The molecule has 2 aromatic carbocycles. The lowest BCUT2D eigenvalue weighted by Gasteiger charge is -2.09. The van der Waals surface area contributed by atoms with E-state index < -0.39 is 0 Å². The summed E-state index contributed by atoms with van der Waals surface area (Å²) in [5.74, 6) is 1.06. The molecule has 3 nitrogen and oxygen atoms in total. The fraction of sp³-hybridized carbons (Fsp3) is 0.158. The number of aromatic nitrogens is 2. The molecule has 122 valence electrons. The van der Waals surface area contributed by atoms with Crippen molar-refractivity contribution in [3.8, 4) is 0 Å². The van der Waals surface area contributed by atoms with Gasteiger partial charge in [0.25, 0.3) is 0 Å². The van der Waals surface area contributed by atoms with E-state index in [2.05, 4.69) is 27.8 Å². The quantitative estimate of drug-likeness (QED) is 0.679. The molecule has 0 aliphatic carbocycles. The minimum absolute atomic E-state index is 0.422. The Morgan fingerprint density at radius 3 is 2.62 bits per heavy atom. The van der Waals surface area contributed by atoms with Crippen molar-refractivity contribution in [1.29, 1.82) is 0 Å². The molecule has 1 heterocycles. The van der Waals surface area contributed by atoms with Crippen molar-refractivity contribution in [3.05, 3.63) is 88.5 Å². The second-order valence-electron chi connectivity index (χ2n) is 5.66. The number of benzene rings is 2. The first-order valence-corrected chi connectivity index (χ1v) is 8.53. The molecule has 0 atom stereocenters. The Balaban J connectivity index is 1.70. The molecule has 0 aliphatic rings. The monoisotopic (exact) mass is 355 g/mol. The van der Waals surface area contributed by atoms with E-state index in [9.17, 15) is 0 Å². The van der Waals surface area contributed by atoms with Gasteiger partial charge >= 0.3 is 0 Å². The first kappa shape index (κ1) is 16.7.